The third-order valence-electron chi connectivity index (χ3n) is 3.00. The molecule has 0 aliphatic heterocycles. The van der Waals surface area contributed by atoms with E-state index in [0.29, 0.717) is 0 Å². The third kappa shape index (κ3) is 1.46. The molecule has 3 rings (SSSR count). The molecule has 0 N–H and O–H groups in total. The van der Waals surface area contributed by atoms with Gasteiger partial charge in [0.15, 0.2) is 0 Å². The normalized spacial score (nSPS) is 14.9. The first-order valence-electron chi connectivity index (χ1n) is 5.48. The van der Waals surface area contributed by atoms with E-state index in [1.807, 2.05) is 18.2 Å². The Balaban J connectivity index is 2.09. The molecule has 1 aliphatic rings. The fourth-order valence-corrected chi connectivity index (χ4v) is 2.21. The first-order valence-corrected chi connectivity index (χ1v) is 5.48. The summed E-state index contributed by atoms with van der Waals surface area (Å²) in [5.74, 6) is 1.10. The van der Waals surface area contributed by atoms with Crippen LogP contribution in [0, 0.1) is 0 Å². The molecule has 0 bridgehead atoms. The number of hydrogen-bond acceptors (Lipinski definition) is 2. The van der Waals surface area contributed by atoms with Crippen LogP contribution in [0.2, 0.25) is 0 Å². The van der Waals surface area contributed by atoms with E-state index < -0.39 is 0 Å². The monoisotopic (exact) mass is 199 g/mol. The summed E-state index contributed by atoms with van der Waals surface area (Å²) in [5.41, 5.74) is 3.54. The fourth-order valence-electron chi connectivity index (χ4n) is 2.21. The second kappa shape index (κ2) is 3.54. The van der Waals surface area contributed by atoms with Gasteiger partial charge in [-0.1, -0.05) is 35.5 Å². The average Bonchev–Trinajstić information content (AvgIpc) is 2.74. The molecule has 0 atom stereocenters. The molecule has 2 aromatic rings. The van der Waals surface area contributed by atoms with Crippen LogP contribution >= 0.6 is 0 Å². The topological polar surface area (TPSA) is 26.0 Å². The van der Waals surface area contributed by atoms with Gasteiger partial charge in [0.1, 0.15) is 11.5 Å². The lowest BCUT2D eigenvalue weighted by atomic mass is 9.94. The van der Waals surface area contributed by atoms with E-state index in [1.54, 1.807) is 0 Å². The van der Waals surface area contributed by atoms with Gasteiger partial charge in [0.05, 0.1) is 0 Å². The molecule has 0 spiro atoms. The van der Waals surface area contributed by atoms with Gasteiger partial charge >= 0.3 is 0 Å². The molecule has 1 aliphatic carbocycles. The zero-order valence-corrected chi connectivity index (χ0v) is 8.57. The maximum absolute atomic E-state index is 5.39. The predicted octanol–water partition coefficient (Wildman–Crippen LogP) is 3.22. The highest BCUT2D eigenvalue weighted by molar-refractivity contribution is 5.63. The first-order chi connectivity index (χ1) is 7.45. The Morgan fingerprint density at radius 1 is 1.00 bits per heavy atom. The van der Waals surface area contributed by atoms with Gasteiger partial charge in [0.25, 0.3) is 0 Å². The Hall–Kier alpha value is -1.57. The van der Waals surface area contributed by atoms with E-state index in [-0.39, 0.29) is 0 Å². The second-order valence-electron chi connectivity index (χ2n) is 4.01. The van der Waals surface area contributed by atoms with Crippen LogP contribution in [-0.2, 0) is 12.8 Å². The Morgan fingerprint density at radius 3 is 2.67 bits per heavy atom. The number of aromatic nitrogens is 1. The van der Waals surface area contributed by atoms with Crippen molar-refractivity contribution in [2.45, 2.75) is 25.7 Å². The van der Waals surface area contributed by atoms with Crippen molar-refractivity contribution >= 4 is 0 Å². The molecule has 2 nitrogen and oxygen atoms in total. The molecule has 0 amide bonds. The second-order valence-corrected chi connectivity index (χ2v) is 4.01. The molecule has 1 heterocycles. The summed E-state index contributed by atoms with van der Waals surface area (Å²) >= 11 is 0. The molecule has 2 heteroatoms. The van der Waals surface area contributed by atoms with Crippen molar-refractivity contribution in [3.8, 4) is 11.3 Å². The van der Waals surface area contributed by atoms with Gasteiger partial charge in [-0.25, -0.2) is 0 Å². The molecule has 0 saturated heterocycles. The summed E-state index contributed by atoms with van der Waals surface area (Å²) in [6.07, 6.45) is 4.66. The highest BCUT2D eigenvalue weighted by atomic mass is 16.5. The van der Waals surface area contributed by atoms with Crippen molar-refractivity contribution < 1.29 is 4.52 Å². The Bertz CT molecular complexity index is 459. The van der Waals surface area contributed by atoms with Crippen LogP contribution < -0.4 is 0 Å². The maximum atomic E-state index is 5.39. The summed E-state index contributed by atoms with van der Waals surface area (Å²) in [7, 11) is 0. The van der Waals surface area contributed by atoms with Gasteiger partial charge < -0.3 is 4.52 Å². The van der Waals surface area contributed by atoms with Crippen LogP contribution in [0.3, 0.4) is 0 Å². The zero-order valence-electron chi connectivity index (χ0n) is 8.57. The van der Waals surface area contributed by atoms with Gasteiger partial charge in [-0.3, -0.25) is 0 Å². The maximum Gasteiger partial charge on any atom is 0.140 e. The summed E-state index contributed by atoms with van der Waals surface area (Å²) in [6.45, 7) is 0. The van der Waals surface area contributed by atoms with Crippen molar-refractivity contribution in [2.75, 3.05) is 0 Å². The van der Waals surface area contributed by atoms with E-state index >= 15 is 0 Å². The number of aryl methyl sites for hydroxylation is 1. The van der Waals surface area contributed by atoms with Gasteiger partial charge in [0.2, 0.25) is 0 Å². The molecule has 76 valence electrons. The molecule has 0 fully saturated rings. The highest BCUT2D eigenvalue weighted by Crippen LogP contribution is 2.30. The van der Waals surface area contributed by atoms with Crippen LogP contribution in [0.5, 0.6) is 0 Å². The largest absolute Gasteiger partial charge is 0.360 e. The third-order valence-corrected chi connectivity index (χ3v) is 3.00. The number of hydrogen-bond donors (Lipinski definition) is 0. The van der Waals surface area contributed by atoms with E-state index in [2.05, 4.69) is 17.3 Å². The predicted molar refractivity (Wildman–Crippen MR) is 58.6 cm³/mol. The Labute approximate surface area is 88.9 Å². The number of benzene rings is 1. The quantitative estimate of drug-likeness (QED) is 0.704. The molecule has 0 radical (unpaired) electrons. The molecule has 0 saturated carbocycles. The molecule has 1 aromatic heterocycles. The molecular weight excluding hydrogens is 186 g/mol. The van der Waals surface area contributed by atoms with Crippen molar-refractivity contribution in [3.05, 3.63) is 41.7 Å². The molecule has 1 aromatic carbocycles. The minimum absolute atomic E-state index is 1.05. The number of nitrogens with zero attached hydrogens (tertiary/aromatic N) is 1. The van der Waals surface area contributed by atoms with E-state index in [9.17, 15) is 0 Å². The number of rotatable bonds is 1. The van der Waals surface area contributed by atoms with Crippen LogP contribution in [0.15, 0.2) is 34.9 Å². The fraction of sp³-hybridized carbons (Fsp3) is 0.308. The van der Waals surface area contributed by atoms with Crippen LogP contribution in [0.4, 0.5) is 0 Å². The molecular formula is C13H13NO. The molecule has 15 heavy (non-hydrogen) atoms. The summed E-state index contributed by atoms with van der Waals surface area (Å²) in [5, 5.41) is 4.19. The van der Waals surface area contributed by atoms with Crippen LogP contribution in [0.25, 0.3) is 11.3 Å². The zero-order chi connectivity index (χ0) is 10.1. The lowest BCUT2D eigenvalue weighted by molar-refractivity contribution is 0.374. The van der Waals surface area contributed by atoms with Crippen LogP contribution in [-0.4, -0.2) is 5.16 Å². The highest BCUT2D eigenvalue weighted by Gasteiger charge is 2.19. The van der Waals surface area contributed by atoms with E-state index in [1.165, 1.54) is 24.0 Å². The first kappa shape index (κ1) is 8.72. The average molecular weight is 199 g/mol. The van der Waals surface area contributed by atoms with Gasteiger partial charge in [-0.2, -0.15) is 0 Å². The number of fused-ring (bicyclic) bond motifs is 1. The minimum atomic E-state index is 1.05. The summed E-state index contributed by atoms with van der Waals surface area (Å²) in [4.78, 5) is 0. The van der Waals surface area contributed by atoms with E-state index in [4.69, 9.17) is 4.52 Å². The minimum Gasteiger partial charge on any atom is -0.360 e. The van der Waals surface area contributed by atoms with Gasteiger partial charge in [0, 0.05) is 17.5 Å². The van der Waals surface area contributed by atoms with Crippen LogP contribution in [0.1, 0.15) is 24.2 Å². The Morgan fingerprint density at radius 2 is 1.80 bits per heavy atom. The molecule has 0 unspecified atom stereocenters. The lowest BCUT2D eigenvalue weighted by Crippen LogP contribution is -1.99. The van der Waals surface area contributed by atoms with Crippen molar-refractivity contribution in [2.24, 2.45) is 0 Å². The van der Waals surface area contributed by atoms with Crippen molar-refractivity contribution in [1.82, 2.24) is 5.16 Å². The van der Waals surface area contributed by atoms with Gasteiger partial charge in [-0.15, -0.1) is 0 Å². The van der Waals surface area contributed by atoms with Gasteiger partial charge in [-0.05, 0) is 19.3 Å². The summed E-state index contributed by atoms with van der Waals surface area (Å²) < 4.78 is 5.39. The standard InChI is InChI=1S/C13H13NO/c1-2-6-10(7-3-1)13-11-8-4-5-9-12(11)15-14-13/h1-3,6-7H,4-5,8-9H2. The van der Waals surface area contributed by atoms with Crippen molar-refractivity contribution in [3.63, 3.8) is 0 Å². The lowest BCUT2D eigenvalue weighted by Gasteiger charge is -2.08. The SMILES string of the molecule is c1ccc(-c2noc3c2CCCC3)cc1. The van der Waals surface area contributed by atoms with E-state index in [0.717, 1.165) is 24.3 Å². The van der Waals surface area contributed by atoms with Crippen molar-refractivity contribution in [1.29, 1.82) is 0 Å². The summed E-state index contributed by atoms with van der Waals surface area (Å²) in [6, 6.07) is 10.3. The Kier molecular flexibility index (Phi) is 2.05. The smallest absolute Gasteiger partial charge is 0.140 e.